The van der Waals surface area contributed by atoms with Crippen LogP contribution in [-0.4, -0.2) is 24.0 Å². The monoisotopic (exact) mass is 321 g/mol. The largest absolute Gasteiger partial charge is 0.497 e. The quantitative estimate of drug-likeness (QED) is 0.840. The number of carbonyl (C=O) groups excluding carboxylic acids is 1. The van der Waals surface area contributed by atoms with Crippen molar-refractivity contribution in [2.24, 2.45) is 0 Å². The van der Waals surface area contributed by atoms with Crippen LogP contribution in [0.3, 0.4) is 0 Å². The van der Waals surface area contributed by atoms with E-state index in [4.69, 9.17) is 4.74 Å². The van der Waals surface area contributed by atoms with Gasteiger partial charge in [0.25, 0.3) is 5.91 Å². The number of nitrogens with zero attached hydrogens (tertiary/aromatic N) is 1. The number of benzene rings is 2. The topological polar surface area (TPSA) is 29.5 Å². The van der Waals surface area contributed by atoms with Crippen LogP contribution in [0.1, 0.15) is 53.1 Å². The summed E-state index contributed by atoms with van der Waals surface area (Å²) >= 11 is 0. The average molecular weight is 321 g/mol. The zero-order chi connectivity index (χ0) is 16.5. The smallest absolute Gasteiger partial charge is 0.254 e. The van der Waals surface area contributed by atoms with Gasteiger partial charge in [-0.3, -0.25) is 4.79 Å². The lowest BCUT2D eigenvalue weighted by Crippen LogP contribution is -2.48. The number of carbonyl (C=O) groups is 1. The maximum Gasteiger partial charge on any atom is 0.254 e. The van der Waals surface area contributed by atoms with Gasteiger partial charge in [-0.05, 0) is 42.2 Å². The third-order valence-electron chi connectivity index (χ3n) is 5.48. The van der Waals surface area contributed by atoms with E-state index in [1.165, 1.54) is 24.0 Å². The van der Waals surface area contributed by atoms with Gasteiger partial charge in [0, 0.05) is 24.1 Å². The Labute approximate surface area is 143 Å². The fourth-order valence-electron chi connectivity index (χ4n) is 4.29. The van der Waals surface area contributed by atoms with Crippen molar-refractivity contribution in [3.8, 4) is 5.75 Å². The standard InChI is InChI=1S/C21H23NO2/c1-24-16-11-12-18-19(13-16)17-9-5-6-10-20(17)22(21(18)23)14-15-7-3-2-4-8-15/h2-4,7-8,11-13,17,20H,5-6,9-10,14H2,1H3/t17-,20-/m1/s1. The number of rotatable bonds is 3. The van der Waals surface area contributed by atoms with Crippen molar-refractivity contribution in [2.75, 3.05) is 7.11 Å². The van der Waals surface area contributed by atoms with E-state index in [2.05, 4.69) is 23.1 Å². The van der Waals surface area contributed by atoms with Gasteiger partial charge in [0.05, 0.1) is 7.11 Å². The SMILES string of the molecule is COc1ccc2c(c1)[C@H]1CCCC[C@H]1N(Cc1ccccc1)C2=O. The molecular formula is C21H23NO2. The molecule has 0 aromatic heterocycles. The number of methoxy groups -OCH3 is 1. The maximum absolute atomic E-state index is 13.2. The van der Waals surface area contributed by atoms with Gasteiger partial charge in [-0.2, -0.15) is 0 Å². The molecule has 24 heavy (non-hydrogen) atoms. The van der Waals surface area contributed by atoms with Crippen LogP contribution in [0.25, 0.3) is 0 Å². The number of amides is 1. The lowest BCUT2D eigenvalue weighted by molar-refractivity contribution is 0.0533. The Morgan fingerprint density at radius 3 is 2.67 bits per heavy atom. The molecule has 0 radical (unpaired) electrons. The van der Waals surface area contributed by atoms with Gasteiger partial charge in [0.15, 0.2) is 0 Å². The van der Waals surface area contributed by atoms with Crippen LogP contribution >= 0.6 is 0 Å². The number of ether oxygens (including phenoxy) is 1. The van der Waals surface area contributed by atoms with Crippen molar-refractivity contribution >= 4 is 5.91 Å². The molecule has 2 aromatic carbocycles. The van der Waals surface area contributed by atoms with E-state index in [9.17, 15) is 4.79 Å². The van der Waals surface area contributed by atoms with Crippen LogP contribution in [0.5, 0.6) is 5.75 Å². The highest BCUT2D eigenvalue weighted by Crippen LogP contribution is 2.43. The zero-order valence-electron chi connectivity index (χ0n) is 14.1. The summed E-state index contributed by atoms with van der Waals surface area (Å²) in [6.45, 7) is 0.701. The summed E-state index contributed by atoms with van der Waals surface area (Å²) < 4.78 is 5.39. The molecule has 2 aromatic rings. The fraction of sp³-hybridized carbons (Fsp3) is 0.381. The molecule has 1 aliphatic carbocycles. The van der Waals surface area contributed by atoms with Crippen molar-refractivity contribution < 1.29 is 9.53 Å². The Morgan fingerprint density at radius 2 is 1.88 bits per heavy atom. The first-order valence-corrected chi connectivity index (χ1v) is 8.81. The first-order chi connectivity index (χ1) is 11.8. The first-order valence-electron chi connectivity index (χ1n) is 8.81. The highest BCUT2D eigenvalue weighted by atomic mass is 16.5. The van der Waals surface area contributed by atoms with Crippen LogP contribution in [0.2, 0.25) is 0 Å². The highest BCUT2D eigenvalue weighted by molar-refractivity contribution is 5.97. The van der Waals surface area contributed by atoms with E-state index in [1.807, 2.05) is 30.3 Å². The summed E-state index contributed by atoms with van der Waals surface area (Å²) in [7, 11) is 1.69. The molecule has 0 spiro atoms. The summed E-state index contributed by atoms with van der Waals surface area (Å²) in [6.07, 6.45) is 4.70. The van der Waals surface area contributed by atoms with Crippen LogP contribution in [-0.2, 0) is 6.54 Å². The molecule has 2 atom stereocenters. The molecule has 2 aliphatic rings. The average Bonchev–Trinajstić information content (AvgIpc) is 2.65. The third-order valence-corrected chi connectivity index (χ3v) is 5.48. The minimum Gasteiger partial charge on any atom is -0.497 e. The summed E-state index contributed by atoms with van der Waals surface area (Å²) in [5, 5.41) is 0. The molecule has 0 N–H and O–H groups in total. The van der Waals surface area contributed by atoms with Crippen molar-refractivity contribution in [1.82, 2.24) is 4.90 Å². The Morgan fingerprint density at radius 1 is 1.08 bits per heavy atom. The second-order valence-corrected chi connectivity index (χ2v) is 6.83. The molecule has 3 nitrogen and oxygen atoms in total. The molecule has 4 rings (SSSR count). The molecular weight excluding hydrogens is 298 g/mol. The minimum atomic E-state index is 0.166. The van der Waals surface area contributed by atoms with Gasteiger partial charge >= 0.3 is 0 Å². The molecule has 1 heterocycles. The maximum atomic E-state index is 13.2. The van der Waals surface area contributed by atoms with E-state index in [-0.39, 0.29) is 5.91 Å². The van der Waals surface area contributed by atoms with Crippen LogP contribution in [0.15, 0.2) is 48.5 Å². The van der Waals surface area contributed by atoms with Crippen LogP contribution < -0.4 is 4.74 Å². The molecule has 0 bridgehead atoms. The van der Waals surface area contributed by atoms with E-state index in [1.54, 1.807) is 7.11 Å². The van der Waals surface area contributed by atoms with E-state index >= 15 is 0 Å². The van der Waals surface area contributed by atoms with Gasteiger partial charge in [-0.1, -0.05) is 43.2 Å². The molecule has 0 saturated heterocycles. The van der Waals surface area contributed by atoms with Crippen molar-refractivity contribution in [2.45, 2.75) is 44.2 Å². The molecule has 0 unspecified atom stereocenters. The first kappa shape index (κ1) is 15.3. The van der Waals surface area contributed by atoms with Gasteiger partial charge in [-0.15, -0.1) is 0 Å². The predicted octanol–water partition coefficient (Wildman–Crippen LogP) is 4.38. The molecule has 1 aliphatic heterocycles. The molecule has 1 amide bonds. The van der Waals surface area contributed by atoms with Crippen LogP contribution in [0, 0.1) is 0 Å². The summed E-state index contributed by atoms with van der Waals surface area (Å²) in [4.78, 5) is 15.3. The normalized spacial score (nSPS) is 22.7. The molecule has 1 fully saturated rings. The van der Waals surface area contributed by atoms with E-state index in [0.29, 0.717) is 18.5 Å². The highest BCUT2D eigenvalue weighted by Gasteiger charge is 2.40. The Hall–Kier alpha value is -2.29. The van der Waals surface area contributed by atoms with Crippen molar-refractivity contribution in [1.29, 1.82) is 0 Å². The molecule has 1 saturated carbocycles. The van der Waals surface area contributed by atoms with Gasteiger partial charge in [0.1, 0.15) is 5.75 Å². The van der Waals surface area contributed by atoms with Crippen LogP contribution in [0.4, 0.5) is 0 Å². The lowest BCUT2D eigenvalue weighted by Gasteiger charge is -2.45. The molecule has 3 heteroatoms. The summed E-state index contributed by atoms with van der Waals surface area (Å²) in [5.74, 6) is 1.45. The third kappa shape index (κ3) is 2.58. The fourth-order valence-corrected chi connectivity index (χ4v) is 4.29. The van der Waals surface area contributed by atoms with Crippen molar-refractivity contribution in [3.05, 3.63) is 65.2 Å². The van der Waals surface area contributed by atoms with E-state index in [0.717, 1.165) is 24.2 Å². The van der Waals surface area contributed by atoms with Gasteiger partial charge in [0.2, 0.25) is 0 Å². The molecule has 124 valence electrons. The summed E-state index contributed by atoms with van der Waals surface area (Å²) in [5.41, 5.74) is 3.25. The summed E-state index contributed by atoms with van der Waals surface area (Å²) in [6, 6.07) is 16.6. The number of hydrogen-bond acceptors (Lipinski definition) is 2. The van der Waals surface area contributed by atoms with Gasteiger partial charge in [-0.25, -0.2) is 0 Å². The Bertz CT molecular complexity index is 741. The zero-order valence-corrected chi connectivity index (χ0v) is 14.1. The Kier molecular flexibility index (Phi) is 4.01. The second-order valence-electron chi connectivity index (χ2n) is 6.83. The number of fused-ring (bicyclic) bond motifs is 3. The second kappa shape index (κ2) is 6.31. The van der Waals surface area contributed by atoms with E-state index < -0.39 is 0 Å². The Balaban J connectivity index is 1.74. The lowest BCUT2D eigenvalue weighted by atomic mass is 9.74. The van der Waals surface area contributed by atoms with Crippen molar-refractivity contribution in [3.63, 3.8) is 0 Å². The number of hydrogen-bond donors (Lipinski definition) is 0. The van der Waals surface area contributed by atoms with Gasteiger partial charge < -0.3 is 9.64 Å². The minimum absolute atomic E-state index is 0.166. The predicted molar refractivity (Wildman–Crippen MR) is 94.3 cm³/mol.